The van der Waals surface area contributed by atoms with Crippen LogP contribution in [-0.2, 0) is 19.6 Å². The molecule has 2 saturated heterocycles. The van der Waals surface area contributed by atoms with E-state index in [0.717, 1.165) is 41.6 Å². The first-order chi connectivity index (χ1) is 15.6. The molecule has 8 nitrogen and oxygen atoms in total. The monoisotopic (exact) mass is 513 g/mol. The average Bonchev–Trinajstić information content (AvgIpc) is 3.35. The lowest BCUT2D eigenvalue weighted by atomic mass is 10.0. The highest BCUT2D eigenvalue weighted by Gasteiger charge is 2.45. The number of carboxylic acids is 1. The van der Waals surface area contributed by atoms with Crippen LogP contribution in [0.3, 0.4) is 0 Å². The Hall–Kier alpha value is -1.72. The molecule has 3 heterocycles. The second-order valence-electron chi connectivity index (χ2n) is 8.89. The second-order valence-corrected chi connectivity index (χ2v) is 12.5. The number of nitrogens with zero attached hydrogens (tertiary/aromatic N) is 3. The van der Waals surface area contributed by atoms with Crippen molar-refractivity contribution in [3.63, 3.8) is 0 Å². The number of amides is 1. The van der Waals surface area contributed by atoms with Crippen LogP contribution in [0.5, 0.6) is 0 Å². The van der Waals surface area contributed by atoms with Crippen LogP contribution in [0.1, 0.15) is 33.1 Å². The van der Waals surface area contributed by atoms with Gasteiger partial charge in [0.05, 0.1) is 0 Å². The van der Waals surface area contributed by atoms with Gasteiger partial charge in [-0.05, 0) is 56.7 Å². The number of sulfonamides is 1. The number of benzene rings is 1. The highest BCUT2D eigenvalue weighted by molar-refractivity contribution is 7.91. The van der Waals surface area contributed by atoms with E-state index < -0.39 is 28.6 Å². The highest BCUT2D eigenvalue weighted by atomic mass is 35.5. The minimum absolute atomic E-state index is 0.0116. The van der Waals surface area contributed by atoms with Gasteiger partial charge in [0.2, 0.25) is 5.91 Å². The molecule has 2 aromatic rings. The number of rotatable bonds is 7. The molecule has 0 unspecified atom stereocenters. The molecular weight excluding hydrogens is 486 g/mol. The van der Waals surface area contributed by atoms with Gasteiger partial charge in [0.1, 0.15) is 16.8 Å². The number of halogens is 1. The normalized spacial score (nSPS) is 21.1. The van der Waals surface area contributed by atoms with Crippen LogP contribution in [0.2, 0.25) is 5.02 Å². The molecule has 2 fully saturated rings. The average molecular weight is 514 g/mol. The van der Waals surface area contributed by atoms with E-state index in [0.29, 0.717) is 27.7 Å². The summed E-state index contributed by atoms with van der Waals surface area (Å²) in [7, 11) is -4.19. The number of fused-ring (bicyclic) bond motifs is 1. The summed E-state index contributed by atoms with van der Waals surface area (Å²) in [6.45, 7) is 5.75. The SMILES string of the molecule is CC(C)N1CCC(N2CC[C@H](N(CC(=O)O)S(=O)(=O)c3cc4ccc(Cl)cc4s3)C2=O)CC1. The van der Waals surface area contributed by atoms with Gasteiger partial charge in [-0.1, -0.05) is 17.7 Å². The molecule has 1 atom stereocenters. The Morgan fingerprint density at radius 2 is 1.91 bits per heavy atom. The van der Waals surface area contributed by atoms with Crippen molar-refractivity contribution in [2.24, 2.45) is 0 Å². The summed E-state index contributed by atoms with van der Waals surface area (Å²) in [6, 6.07) is 6.07. The first-order valence-corrected chi connectivity index (χ1v) is 13.7. The maximum absolute atomic E-state index is 13.5. The number of likely N-dealkylation sites (tertiary alicyclic amines) is 2. The summed E-state index contributed by atoms with van der Waals surface area (Å²) in [4.78, 5) is 29.1. The number of piperidine rings is 1. The molecule has 1 N–H and O–H groups in total. The van der Waals surface area contributed by atoms with E-state index in [2.05, 4.69) is 18.7 Å². The molecule has 0 spiro atoms. The fourth-order valence-electron chi connectivity index (χ4n) is 4.75. The van der Waals surface area contributed by atoms with Gasteiger partial charge in [-0.3, -0.25) is 9.59 Å². The fourth-order valence-corrected chi connectivity index (χ4v) is 8.12. The van der Waals surface area contributed by atoms with Crippen molar-refractivity contribution >= 4 is 54.9 Å². The third-order valence-corrected chi connectivity index (χ3v) is 10.2. The molecule has 1 aromatic heterocycles. The van der Waals surface area contributed by atoms with E-state index in [4.69, 9.17) is 11.6 Å². The number of carboxylic acid groups (broad SMARTS) is 1. The van der Waals surface area contributed by atoms with Gasteiger partial charge in [-0.2, -0.15) is 4.31 Å². The van der Waals surface area contributed by atoms with E-state index >= 15 is 0 Å². The Labute approximate surface area is 202 Å². The van der Waals surface area contributed by atoms with Crippen LogP contribution in [-0.4, -0.2) is 83.8 Å². The maximum Gasteiger partial charge on any atom is 0.318 e. The van der Waals surface area contributed by atoms with Crippen LogP contribution in [0, 0.1) is 0 Å². The Kier molecular flexibility index (Phi) is 7.02. The first kappa shape index (κ1) is 24.4. The molecule has 11 heteroatoms. The zero-order valence-electron chi connectivity index (χ0n) is 18.6. The van der Waals surface area contributed by atoms with Gasteiger partial charge < -0.3 is 14.9 Å². The highest BCUT2D eigenvalue weighted by Crippen LogP contribution is 2.35. The molecule has 4 rings (SSSR count). The number of carbonyl (C=O) groups excluding carboxylic acids is 1. The lowest BCUT2D eigenvalue weighted by Crippen LogP contribution is -2.51. The van der Waals surface area contributed by atoms with Gasteiger partial charge in [-0.25, -0.2) is 8.42 Å². The number of hydrogen-bond donors (Lipinski definition) is 1. The summed E-state index contributed by atoms with van der Waals surface area (Å²) in [5.41, 5.74) is 0. The summed E-state index contributed by atoms with van der Waals surface area (Å²) in [5.74, 6) is -1.59. The Balaban J connectivity index is 1.58. The third-order valence-electron chi connectivity index (χ3n) is 6.54. The van der Waals surface area contributed by atoms with Gasteiger partial charge in [0.15, 0.2) is 0 Å². The quantitative estimate of drug-likeness (QED) is 0.611. The molecule has 2 aliphatic heterocycles. The molecule has 33 heavy (non-hydrogen) atoms. The topological polar surface area (TPSA) is 98.2 Å². The van der Waals surface area contributed by atoms with Gasteiger partial charge in [0, 0.05) is 41.4 Å². The van der Waals surface area contributed by atoms with E-state index in [1.165, 1.54) is 6.07 Å². The predicted octanol–water partition coefficient (Wildman–Crippen LogP) is 3.10. The summed E-state index contributed by atoms with van der Waals surface area (Å²) in [5, 5.41) is 10.7. The van der Waals surface area contributed by atoms with Crippen molar-refractivity contribution in [1.29, 1.82) is 0 Å². The molecule has 0 radical (unpaired) electrons. The summed E-state index contributed by atoms with van der Waals surface area (Å²) < 4.78 is 28.6. The molecule has 0 aliphatic carbocycles. The van der Waals surface area contributed by atoms with E-state index in [1.54, 1.807) is 23.1 Å². The van der Waals surface area contributed by atoms with Gasteiger partial charge >= 0.3 is 5.97 Å². The van der Waals surface area contributed by atoms with Crippen molar-refractivity contribution in [3.8, 4) is 0 Å². The Bertz CT molecular complexity index is 1160. The fraction of sp³-hybridized carbons (Fsp3) is 0.545. The molecule has 180 valence electrons. The molecule has 1 amide bonds. The van der Waals surface area contributed by atoms with Crippen LogP contribution in [0.4, 0.5) is 0 Å². The van der Waals surface area contributed by atoms with E-state index in [-0.39, 0.29) is 22.6 Å². The van der Waals surface area contributed by atoms with Crippen molar-refractivity contribution in [1.82, 2.24) is 14.1 Å². The lowest BCUT2D eigenvalue weighted by Gasteiger charge is -2.38. The largest absolute Gasteiger partial charge is 0.480 e. The first-order valence-electron chi connectivity index (χ1n) is 11.0. The lowest BCUT2D eigenvalue weighted by molar-refractivity contribution is -0.139. The van der Waals surface area contributed by atoms with Gasteiger partial charge in [-0.15, -0.1) is 11.3 Å². The van der Waals surface area contributed by atoms with Gasteiger partial charge in [0.25, 0.3) is 10.0 Å². The molecule has 1 aromatic carbocycles. The van der Waals surface area contributed by atoms with Crippen LogP contribution in [0.15, 0.2) is 28.5 Å². The minimum atomic E-state index is -4.19. The Morgan fingerprint density at radius 1 is 1.21 bits per heavy atom. The van der Waals surface area contributed by atoms with Crippen LogP contribution >= 0.6 is 22.9 Å². The van der Waals surface area contributed by atoms with E-state index in [1.807, 2.05) is 0 Å². The molecule has 2 aliphatic rings. The summed E-state index contributed by atoms with van der Waals surface area (Å²) in [6.07, 6.45) is 1.95. The van der Waals surface area contributed by atoms with Crippen LogP contribution < -0.4 is 0 Å². The number of thiophene rings is 1. The maximum atomic E-state index is 13.5. The number of hydrogen-bond acceptors (Lipinski definition) is 6. The standard InChI is InChI=1S/C22H28ClN3O5S2/c1-14(2)24-8-5-17(6-9-24)25-10-7-18(22(25)29)26(13-20(27)28)33(30,31)21-11-15-3-4-16(23)12-19(15)32-21/h3-4,11-12,14,17-18H,5-10,13H2,1-2H3,(H,27,28)/t18-/m0/s1. The van der Waals surface area contributed by atoms with Crippen LogP contribution in [0.25, 0.3) is 10.1 Å². The zero-order chi connectivity index (χ0) is 23.9. The zero-order valence-corrected chi connectivity index (χ0v) is 21.0. The Morgan fingerprint density at radius 3 is 2.55 bits per heavy atom. The van der Waals surface area contributed by atoms with Crippen molar-refractivity contribution < 1.29 is 23.1 Å². The second kappa shape index (κ2) is 9.50. The van der Waals surface area contributed by atoms with E-state index in [9.17, 15) is 23.1 Å². The third kappa shape index (κ3) is 4.90. The van der Waals surface area contributed by atoms with Crippen molar-refractivity contribution in [2.45, 2.75) is 55.4 Å². The van der Waals surface area contributed by atoms with Crippen molar-refractivity contribution in [3.05, 3.63) is 29.3 Å². The molecule has 0 saturated carbocycles. The van der Waals surface area contributed by atoms with Crippen molar-refractivity contribution in [2.75, 3.05) is 26.2 Å². The molecular formula is C22H28ClN3O5S2. The smallest absolute Gasteiger partial charge is 0.318 e. The minimum Gasteiger partial charge on any atom is -0.480 e. The number of carbonyl (C=O) groups is 2. The summed E-state index contributed by atoms with van der Waals surface area (Å²) >= 11 is 7.06. The molecule has 0 bridgehead atoms. The predicted molar refractivity (Wildman–Crippen MR) is 128 cm³/mol. The number of aliphatic carboxylic acids is 1.